The largest absolute Gasteiger partial charge is 0.330 e. The number of rotatable bonds is 5. The molecular weight excluding hydrogens is 420 g/mol. The summed E-state index contributed by atoms with van der Waals surface area (Å²) in [7, 11) is -1.54. The maximum atomic E-state index is 12.5. The van der Waals surface area contributed by atoms with Crippen molar-refractivity contribution in [2.45, 2.75) is 25.2 Å². The van der Waals surface area contributed by atoms with Gasteiger partial charge in [0, 0.05) is 20.3 Å². The number of anilines is 1. The van der Waals surface area contributed by atoms with E-state index >= 15 is 0 Å². The molecule has 0 saturated heterocycles. The van der Waals surface area contributed by atoms with Crippen molar-refractivity contribution < 1.29 is 8.42 Å². The van der Waals surface area contributed by atoms with Gasteiger partial charge in [0.2, 0.25) is 0 Å². The molecule has 2 aromatic rings. The highest BCUT2D eigenvalue weighted by atomic mass is 79.9. The van der Waals surface area contributed by atoms with Crippen LogP contribution < -0.4 is 16.0 Å². The van der Waals surface area contributed by atoms with E-state index in [9.17, 15) is 18.0 Å². The van der Waals surface area contributed by atoms with Gasteiger partial charge >= 0.3 is 5.69 Å². The molecule has 0 radical (unpaired) electrons. The van der Waals surface area contributed by atoms with Gasteiger partial charge in [0.1, 0.15) is 5.00 Å². The van der Waals surface area contributed by atoms with Gasteiger partial charge in [0.05, 0.1) is 10.2 Å². The highest BCUT2D eigenvalue weighted by molar-refractivity contribution is 9.10. The van der Waals surface area contributed by atoms with Crippen LogP contribution in [0.4, 0.5) is 5.00 Å². The van der Waals surface area contributed by atoms with Crippen molar-refractivity contribution in [3.63, 3.8) is 0 Å². The van der Waals surface area contributed by atoms with E-state index in [-0.39, 0.29) is 0 Å². The van der Waals surface area contributed by atoms with Crippen LogP contribution in [0.1, 0.15) is 19.5 Å². The zero-order valence-corrected chi connectivity index (χ0v) is 16.7. The van der Waals surface area contributed by atoms with Crippen molar-refractivity contribution in [1.29, 1.82) is 0 Å². The molecule has 0 saturated carbocycles. The number of hydrogen-bond donors (Lipinski definition) is 1. The molecule has 0 unspecified atom stereocenters. The first-order valence-corrected chi connectivity index (χ1v) is 10.0. The molecule has 0 spiro atoms. The Morgan fingerprint density at radius 1 is 1.33 bits per heavy atom. The lowest BCUT2D eigenvalue weighted by Gasteiger charge is -2.09. The quantitative estimate of drug-likeness (QED) is 0.760. The fourth-order valence-corrected chi connectivity index (χ4v) is 5.00. The molecule has 2 aromatic heterocycles. The third kappa shape index (κ3) is 3.62. The molecule has 0 fully saturated rings. The van der Waals surface area contributed by atoms with Crippen molar-refractivity contribution in [2.24, 2.45) is 20.0 Å². The Kier molecular flexibility index (Phi) is 5.35. The molecule has 1 N–H and O–H groups in total. The van der Waals surface area contributed by atoms with E-state index in [4.69, 9.17) is 0 Å². The molecule has 0 aromatic carbocycles. The Balaban J connectivity index is 2.46. The molecule has 0 atom stereocenters. The molecular formula is C13H17BrN4O4S2. The Hall–Kier alpha value is -1.46. The average molecular weight is 437 g/mol. The third-order valence-electron chi connectivity index (χ3n) is 3.23. The molecule has 0 bridgehead atoms. The molecule has 8 nitrogen and oxygen atoms in total. The molecule has 24 heavy (non-hydrogen) atoms. The van der Waals surface area contributed by atoms with E-state index in [2.05, 4.69) is 25.0 Å². The van der Waals surface area contributed by atoms with Gasteiger partial charge in [-0.3, -0.25) is 14.1 Å². The summed E-state index contributed by atoms with van der Waals surface area (Å²) in [6, 6.07) is 0. The summed E-state index contributed by atoms with van der Waals surface area (Å²) < 4.78 is 34.0. The fraction of sp³-hybridized carbons (Fsp3) is 0.462. The molecule has 0 aliphatic heterocycles. The zero-order chi connectivity index (χ0) is 18.2. The van der Waals surface area contributed by atoms with Crippen molar-refractivity contribution >= 4 is 42.5 Å². The van der Waals surface area contributed by atoms with Crippen molar-refractivity contribution in [3.05, 3.63) is 37.2 Å². The van der Waals surface area contributed by atoms with Gasteiger partial charge in [0.15, 0.2) is 4.90 Å². The molecule has 2 rings (SSSR count). The van der Waals surface area contributed by atoms with Gasteiger partial charge in [-0.05, 0) is 39.8 Å². The van der Waals surface area contributed by atoms with Gasteiger partial charge in [0.25, 0.3) is 15.6 Å². The summed E-state index contributed by atoms with van der Waals surface area (Å²) >= 11 is 4.34. The lowest BCUT2D eigenvalue weighted by molar-refractivity contribution is 0.589. The number of halogens is 1. The van der Waals surface area contributed by atoms with Crippen LogP contribution >= 0.6 is 27.5 Å². The van der Waals surface area contributed by atoms with Gasteiger partial charge in [-0.1, -0.05) is 13.8 Å². The summed E-state index contributed by atoms with van der Waals surface area (Å²) in [4.78, 5) is 23.3. The van der Waals surface area contributed by atoms with E-state index in [0.29, 0.717) is 21.8 Å². The van der Waals surface area contributed by atoms with Gasteiger partial charge < -0.3 is 4.57 Å². The van der Waals surface area contributed by atoms with Gasteiger partial charge in [-0.2, -0.15) is 4.37 Å². The summed E-state index contributed by atoms with van der Waals surface area (Å²) in [5, 5.41) is 0.293. The Morgan fingerprint density at radius 3 is 2.54 bits per heavy atom. The number of nitrogens with zero attached hydrogens (tertiary/aromatic N) is 3. The number of aryl methyl sites for hydroxylation is 1. The smallest absolute Gasteiger partial charge is 0.302 e. The molecule has 2 heterocycles. The third-order valence-corrected chi connectivity index (χ3v) is 6.61. The molecule has 0 aliphatic rings. The highest BCUT2D eigenvalue weighted by Crippen LogP contribution is 2.33. The maximum absolute atomic E-state index is 12.5. The molecule has 0 aliphatic carbocycles. The Labute approximate surface area is 151 Å². The van der Waals surface area contributed by atoms with E-state index in [1.54, 1.807) is 0 Å². The summed E-state index contributed by atoms with van der Waals surface area (Å²) in [5.74, 6) is 0.365. The van der Waals surface area contributed by atoms with Crippen LogP contribution in [0.15, 0.2) is 25.2 Å². The standard InChI is InChI=1S/C13H17BrN4O4S2/c1-7(2)5-8-10(14)11(23-15-8)16-24(21,22)9-6-17(3)13(20)18(4)12(9)19/h6-7,16H,5H2,1-4H3. The Bertz CT molecular complexity index is 988. The van der Waals surface area contributed by atoms with Gasteiger partial charge in [-0.15, -0.1) is 0 Å². The van der Waals surface area contributed by atoms with E-state index in [1.807, 2.05) is 13.8 Å². The first-order chi connectivity index (χ1) is 11.0. The topological polar surface area (TPSA) is 103 Å². The lowest BCUT2D eigenvalue weighted by atomic mass is 10.1. The Morgan fingerprint density at radius 2 is 1.96 bits per heavy atom. The lowest BCUT2D eigenvalue weighted by Crippen LogP contribution is -2.40. The SMILES string of the molecule is CC(C)Cc1nsc(NS(=O)(=O)c2cn(C)c(=O)n(C)c2=O)c1Br. The summed E-state index contributed by atoms with van der Waals surface area (Å²) in [5.41, 5.74) is -0.730. The number of aromatic nitrogens is 3. The molecule has 0 amide bonds. The number of nitrogens with one attached hydrogen (secondary N) is 1. The number of sulfonamides is 1. The molecule has 132 valence electrons. The predicted octanol–water partition coefficient (Wildman–Crippen LogP) is 1.30. The van der Waals surface area contributed by atoms with E-state index in [1.165, 1.54) is 14.1 Å². The fourth-order valence-electron chi connectivity index (χ4n) is 2.03. The van der Waals surface area contributed by atoms with Crippen LogP contribution in [0, 0.1) is 5.92 Å². The second-order valence-corrected chi connectivity index (χ2v) is 8.94. The second-order valence-electron chi connectivity index (χ2n) is 5.73. The maximum Gasteiger partial charge on any atom is 0.330 e. The number of hydrogen-bond acceptors (Lipinski definition) is 6. The first kappa shape index (κ1) is 18.9. The normalized spacial score (nSPS) is 11.9. The second kappa shape index (κ2) is 6.81. The molecule has 11 heteroatoms. The van der Waals surface area contributed by atoms with Crippen LogP contribution in [0.5, 0.6) is 0 Å². The average Bonchev–Trinajstić information content (AvgIpc) is 2.80. The van der Waals surface area contributed by atoms with Crippen molar-refractivity contribution in [1.82, 2.24) is 13.5 Å². The minimum atomic E-state index is -4.15. The summed E-state index contributed by atoms with van der Waals surface area (Å²) in [6.07, 6.45) is 1.71. The van der Waals surface area contributed by atoms with Crippen LogP contribution in [0.25, 0.3) is 0 Å². The predicted molar refractivity (Wildman–Crippen MR) is 96.1 cm³/mol. The van der Waals surface area contributed by atoms with Gasteiger partial charge in [-0.25, -0.2) is 13.2 Å². The monoisotopic (exact) mass is 436 g/mol. The van der Waals surface area contributed by atoms with Crippen LogP contribution in [0.2, 0.25) is 0 Å². The van der Waals surface area contributed by atoms with Crippen LogP contribution in [-0.4, -0.2) is 21.9 Å². The van der Waals surface area contributed by atoms with Crippen molar-refractivity contribution in [3.8, 4) is 0 Å². The first-order valence-electron chi connectivity index (χ1n) is 6.98. The minimum Gasteiger partial charge on any atom is -0.302 e. The van der Waals surface area contributed by atoms with Crippen molar-refractivity contribution in [2.75, 3.05) is 4.72 Å². The summed E-state index contributed by atoms with van der Waals surface area (Å²) in [6.45, 7) is 4.06. The van der Waals surface area contributed by atoms with Crippen LogP contribution in [-0.2, 0) is 30.5 Å². The highest BCUT2D eigenvalue weighted by Gasteiger charge is 2.24. The minimum absolute atomic E-state index is 0.293. The van der Waals surface area contributed by atoms with E-state index in [0.717, 1.165) is 32.6 Å². The van der Waals surface area contributed by atoms with E-state index < -0.39 is 26.2 Å². The zero-order valence-electron chi connectivity index (χ0n) is 13.5. The van der Waals surface area contributed by atoms with Crippen LogP contribution in [0.3, 0.4) is 0 Å².